The Hall–Kier alpha value is -2.21. The van der Waals surface area contributed by atoms with E-state index in [1.54, 1.807) is 0 Å². The molecule has 0 atom stereocenters. The summed E-state index contributed by atoms with van der Waals surface area (Å²) in [5.41, 5.74) is 3.13. The third-order valence-corrected chi connectivity index (χ3v) is 4.76. The molecule has 0 radical (unpaired) electrons. The highest BCUT2D eigenvalue weighted by Crippen LogP contribution is 2.25. The Morgan fingerprint density at radius 1 is 1.43 bits per heavy atom. The average Bonchev–Trinajstić information content (AvgIpc) is 2.84. The van der Waals surface area contributed by atoms with Gasteiger partial charge in [0.15, 0.2) is 5.13 Å². The lowest BCUT2D eigenvalue weighted by Gasteiger charge is -2.03. The maximum absolute atomic E-state index is 12.1. The van der Waals surface area contributed by atoms with Gasteiger partial charge in [0.2, 0.25) is 5.91 Å². The molecule has 3 rings (SSSR count). The summed E-state index contributed by atoms with van der Waals surface area (Å²) in [7, 11) is 0. The van der Waals surface area contributed by atoms with Crippen LogP contribution in [0.5, 0.6) is 0 Å². The minimum absolute atomic E-state index is 0.0733. The molecule has 0 saturated carbocycles. The van der Waals surface area contributed by atoms with Crippen LogP contribution in [0.1, 0.15) is 39.3 Å². The van der Waals surface area contributed by atoms with E-state index >= 15 is 0 Å². The summed E-state index contributed by atoms with van der Waals surface area (Å²) in [5, 5.41) is 6.17. The maximum Gasteiger partial charge on any atom is 0.263 e. The Labute approximate surface area is 139 Å². The highest BCUT2D eigenvalue weighted by atomic mass is 32.1. The van der Waals surface area contributed by atoms with Crippen molar-refractivity contribution >= 4 is 28.3 Å². The van der Waals surface area contributed by atoms with E-state index in [-0.39, 0.29) is 11.8 Å². The smallest absolute Gasteiger partial charge is 0.263 e. The number of aromatic nitrogens is 1. The molecule has 0 spiro atoms. The van der Waals surface area contributed by atoms with Gasteiger partial charge in [0.1, 0.15) is 4.88 Å². The van der Waals surface area contributed by atoms with Gasteiger partial charge in [0, 0.05) is 13.0 Å². The van der Waals surface area contributed by atoms with E-state index in [4.69, 9.17) is 0 Å². The number of nitrogens with zero attached hydrogens (tertiary/aromatic N) is 1. The summed E-state index contributed by atoms with van der Waals surface area (Å²) in [6.45, 7) is 2.72. The van der Waals surface area contributed by atoms with Crippen LogP contribution in [-0.4, -0.2) is 23.3 Å². The van der Waals surface area contributed by atoms with E-state index in [0.29, 0.717) is 29.4 Å². The molecule has 2 aromatic rings. The second-order valence-electron chi connectivity index (χ2n) is 5.69. The molecule has 0 bridgehead atoms. The first-order valence-corrected chi connectivity index (χ1v) is 8.57. The number of amides is 2. The molecular formula is C17H19N3O2S. The van der Waals surface area contributed by atoms with Crippen LogP contribution in [0.15, 0.2) is 24.3 Å². The minimum atomic E-state index is -0.0877. The Bertz CT molecular complexity index is 739. The minimum Gasteiger partial charge on any atom is -0.351 e. The molecule has 0 saturated heterocycles. The van der Waals surface area contributed by atoms with Gasteiger partial charge in [0.25, 0.3) is 5.91 Å². The summed E-state index contributed by atoms with van der Waals surface area (Å²) >= 11 is 1.25. The van der Waals surface area contributed by atoms with E-state index < -0.39 is 0 Å². The monoisotopic (exact) mass is 329 g/mol. The lowest BCUT2D eigenvalue weighted by molar-refractivity contribution is -0.116. The summed E-state index contributed by atoms with van der Waals surface area (Å²) < 4.78 is 0. The van der Waals surface area contributed by atoms with Crippen molar-refractivity contribution in [3.63, 3.8) is 0 Å². The van der Waals surface area contributed by atoms with Gasteiger partial charge >= 0.3 is 0 Å². The zero-order valence-electron chi connectivity index (χ0n) is 13.0. The van der Waals surface area contributed by atoms with Crippen molar-refractivity contribution in [2.24, 2.45) is 0 Å². The van der Waals surface area contributed by atoms with E-state index in [1.165, 1.54) is 16.9 Å². The van der Waals surface area contributed by atoms with Crippen LogP contribution in [0.4, 0.5) is 5.13 Å². The summed E-state index contributed by atoms with van der Waals surface area (Å²) in [4.78, 5) is 29.0. The first-order valence-electron chi connectivity index (χ1n) is 7.75. The third kappa shape index (κ3) is 3.96. The number of nitrogens with one attached hydrogen (secondary N) is 2. The molecule has 2 amide bonds. The normalized spacial score (nSPS) is 13.9. The molecule has 1 aromatic heterocycles. The van der Waals surface area contributed by atoms with Crippen LogP contribution in [0.25, 0.3) is 0 Å². The molecule has 1 aliphatic rings. The van der Waals surface area contributed by atoms with Gasteiger partial charge in [-0.05, 0) is 31.7 Å². The second kappa shape index (κ2) is 6.91. The van der Waals surface area contributed by atoms with Gasteiger partial charge in [-0.1, -0.05) is 41.2 Å². The van der Waals surface area contributed by atoms with Crippen LogP contribution in [0.3, 0.4) is 0 Å². The fourth-order valence-corrected chi connectivity index (χ4v) is 3.54. The molecule has 0 unspecified atom stereocenters. The molecule has 23 heavy (non-hydrogen) atoms. The van der Waals surface area contributed by atoms with Crippen molar-refractivity contribution in [1.29, 1.82) is 0 Å². The zero-order valence-corrected chi connectivity index (χ0v) is 13.8. The topological polar surface area (TPSA) is 71.1 Å². The van der Waals surface area contributed by atoms with E-state index in [2.05, 4.69) is 21.7 Å². The fourth-order valence-electron chi connectivity index (χ4n) is 2.60. The molecule has 6 heteroatoms. The third-order valence-electron chi connectivity index (χ3n) is 3.75. The molecule has 0 aliphatic carbocycles. The van der Waals surface area contributed by atoms with Gasteiger partial charge in [-0.3, -0.25) is 9.59 Å². The van der Waals surface area contributed by atoms with E-state index in [0.717, 1.165) is 24.1 Å². The highest BCUT2D eigenvalue weighted by Gasteiger charge is 2.21. The number of benzene rings is 1. The fraction of sp³-hybridized carbons (Fsp3) is 0.353. The molecule has 0 fully saturated rings. The number of anilines is 1. The number of hydrogen-bond acceptors (Lipinski definition) is 4. The zero-order chi connectivity index (χ0) is 16.2. The highest BCUT2D eigenvalue weighted by molar-refractivity contribution is 7.17. The Morgan fingerprint density at radius 3 is 3.13 bits per heavy atom. The molecule has 2 N–H and O–H groups in total. The van der Waals surface area contributed by atoms with Crippen molar-refractivity contribution in [3.05, 3.63) is 46.0 Å². The Kier molecular flexibility index (Phi) is 4.71. The van der Waals surface area contributed by atoms with Crippen LogP contribution in [0.2, 0.25) is 0 Å². The summed E-state index contributed by atoms with van der Waals surface area (Å²) in [6, 6.07) is 8.15. The Morgan fingerprint density at radius 2 is 2.30 bits per heavy atom. The van der Waals surface area contributed by atoms with Crippen molar-refractivity contribution in [2.45, 2.75) is 32.6 Å². The summed E-state index contributed by atoms with van der Waals surface area (Å²) in [5.74, 6) is -0.161. The number of rotatable bonds is 4. The molecule has 5 nitrogen and oxygen atoms in total. The van der Waals surface area contributed by atoms with Crippen LogP contribution in [0, 0.1) is 6.92 Å². The van der Waals surface area contributed by atoms with E-state index in [9.17, 15) is 9.59 Å². The molecular weight excluding hydrogens is 310 g/mol. The quantitative estimate of drug-likeness (QED) is 0.906. The number of aryl methyl sites for hydroxylation is 3. The summed E-state index contributed by atoms with van der Waals surface area (Å²) in [6.07, 6.45) is 2.74. The van der Waals surface area contributed by atoms with Gasteiger partial charge in [-0.25, -0.2) is 4.98 Å². The molecule has 2 heterocycles. The second-order valence-corrected chi connectivity index (χ2v) is 6.69. The first kappa shape index (κ1) is 15.7. The molecule has 1 aromatic carbocycles. The van der Waals surface area contributed by atoms with Crippen molar-refractivity contribution < 1.29 is 9.59 Å². The van der Waals surface area contributed by atoms with Gasteiger partial charge < -0.3 is 10.6 Å². The number of thiazole rings is 1. The first-order chi connectivity index (χ1) is 11.1. The predicted molar refractivity (Wildman–Crippen MR) is 90.9 cm³/mol. The largest absolute Gasteiger partial charge is 0.351 e. The number of carbonyl (C=O) groups is 2. The number of fused-ring (bicyclic) bond motifs is 1. The van der Waals surface area contributed by atoms with Crippen molar-refractivity contribution in [3.8, 4) is 0 Å². The number of carbonyl (C=O) groups excluding carboxylic acids is 2. The van der Waals surface area contributed by atoms with Gasteiger partial charge in [-0.15, -0.1) is 0 Å². The van der Waals surface area contributed by atoms with Gasteiger partial charge in [0.05, 0.1) is 5.69 Å². The Balaban J connectivity index is 1.60. The van der Waals surface area contributed by atoms with Gasteiger partial charge in [-0.2, -0.15) is 0 Å². The lowest BCUT2D eigenvalue weighted by Crippen LogP contribution is -2.21. The van der Waals surface area contributed by atoms with Crippen LogP contribution < -0.4 is 10.6 Å². The van der Waals surface area contributed by atoms with Crippen molar-refractivity contribution in [2.75, 3.05) is 11.9 Å². The lowest BCUT2D eigenvalue weighted by atomic mass is 10.1. The van der Waals surface area contributed by atoms with E-state index in [1.807, 2.05) is 25.1 Å². The molecule has 120 valence electrons. The number of hydrogen-bond donors (Lipinski definition) is 2. The average molecular weight is 329 g/mol. The predicted octanol–water partition coefficient (Wildman–Crippen LogP) is 2.70. The van der Waals surface area contributed by atoms with Crippen LogP contribution in [-0.2, 0) is 17.6 Å². The standard InChI is InChI=1S/C17H19N3O2S/c1-11-4-2-5-12(10-11)7-8-14(21)20-17-19-13-6-3-9-18-16(22)15(13)23-17/h2,4-5,10H,3,6-9H2,1H3,(H,18,22)(H,19,20,21). The maximum atomic E-state index is 12.1. The SMILES string of the molecule is Cc1cccc(CCC(=O)Nc2nc3c(s2)C(=O)NCCC3)c1. The molecule has 1 aliphatic heterocycles. The van der Waals surface area contributed by atoms with Crippen molar-refractivity contribution in [1.82, 2.24) is 10.3 Å². The van der Waals surface area contributed by atoms with Crippen LogP contribution >= 0.6 is 11.3 Å².